The second kappa shape index (κ2) is 6.47. The molecule has 0 bridgehead atoms. The van der Waals surface area contributed by atoms with Crippen LogP contribution in [0, 0.1) is 0 Å². The lowest BCUT2D eigenvalue weighted by Crippen LogP contribution is -2.10. The van der Waals surface area contributed by atoms with E-state index in [-0.39, 0.29) is 5.91 Å². The maximum Gasteiger partial charge on any atom is 0.226 e. The highest BCUT2D eigenvalue weighted by Crippen LogP contribution is 2.15. The molecule has 1 heterocycles. The Morgan fingerprint density at radius 2 is 2.33 bits per heavy atom. The minimum Gasteiger partial charge on any atom is -0.330 e. The Labute approximate surface area is 93.1 Å². The quantitative estimate of drug-likeness (QED) is 0.765. The highest BCUT2D eigenvalue weighted by Gasteiger charge is 2.06. The zero-order chi connectivity index (χ0) is 11.1. The van der Waals surface area contributed by atoms with Gasteiger partial charge in [0.25, 0.3) is 0 Å². The number of amides is 1. The van der Waals surface area contributed by atoms with E-state index in [0.29, 0.717) is 24.5 Å². The average molecular weight is 228 g/mol. The first kappa shape index (κ1) is 12.1. The van der Waals surface area contributed by atoms with Crippen LogP contribution in [0.2, 0.25) is 0 Å². The lowest BCUT2D eigenvalue weighted by molar-refractivity contribution is -0.116. The molecule has 0 aliphatic heterocycles. The zero-order valence-electron chi connectivity index (χ0n) is 8.82. The van der Waals surface area contributed by atoms with Crippen LogP contribution >= 0.6 is 11.3 Å². The standard InChI is InChI=1S/C9H16N4OS/c1-2-3-4-7(14)11-9-13-12-8(15-9)5-6-10/h2-6,10H2,1H3,(H,11,13,14). The topological polar surface area (TPSA) is 80.9 Å². The Morgan fingerprint density at radius 3 is 3.00 bits per heavy atom. The molecule has 0 fully saturated rings. The Bertz CT molecular complexity index is 313. The van der Waals surface area contributed by atoms with E-state index in [4.69, 9.17) is 5.73 Å². The van der Waals surface area contributed by atoms with Crippen LogP contribution in [0.4, 0.5) is 5.13 Å². The predicted octanol–water partition coefficient (Wildman–Crippen LogP) is 1.17. The summed E-state index contributed by atoms with van der Waals surface area (Å²) in [6.07, 6.45) is 3.17. The van der Waals surface area contributed by atoms with Gasteiger partial charge in [0.2, 0.25) is 11.0 Å². The number of rotatable bonds is 6. The van der Waals surface area contributed by atoms with Crippen molar-refractivity contribution < 1.29 is 4.79 Å². The molecule has 6 heteroatoms. The number of nitrogens with zero attached hydrogens (tertiary/aromatic N) is 2. The number of nitrogens with two attached hydrogens (primary N) is 1. The number of aromatic nitrogens is 2. The highest BCUT2D eigenvalue weighted by atomic mass is 32.1. The minimum absolute atomic E-state index is 0.00676. The lowest BCUT2D eigenvalue weighted by atomic mass is 10.2. The van der Waals surface area contributed by atoms with Crippen LogP contribution in [0.25, 0.3) is 0 Å². The van der Waals surface area contributed by atoms with Crippen LogP contribution in [-0.4, -0.2) is 22.6 Å². The van der Waals surface area contributed by atoms with E-state index in [1.807, 2.05) is 0 Å². The molecule has 1 rings (SSSR count). The molecule has 0 spiro atoms. The van der Waals surface area contributed by atoms with Crippen molar-refractivity contribution in [2.24, 2.45) is 5.73 Å². The van der Waals surface area contributed by atoms with Crippen LogP contribution in [0.3, 0.4) is 0 Å². The fourth-order valence-corrected chi connectivity index (χ4v) is 1.82. The van der Waals surface area contributed by atoms with Gasteiger partial charge in [0.05, 0.1) is 0 Å². The molecular formula is C9H16N4OS. The van der Waals surface area contributed by atoms with Gasteiger partial charge in [-0.25, -0.2) is 0 Å². The van der Waals surface area contributed by atoms with Crippen LogP contribution in [0.5, 0.6) is 0 Å². The summed E-state index contributed by atoms with van der Waals surface area (Å²) in [6.45, 7) is 2.61. The molecule has 0 atom stereocenters. The van der Waals surface area contributed by atoms with Crippen molar-refractivity contribution in [1.29, 1.82) is 0 Å². The number of hydrogen-bond donors (Lipinski definition) is 2. The summed E-state index contributed by atoms with van der Waals surface area (Å²) in [5.74, 6) is 0.00676. The molecule has 1 amide bonds. The van der Waals surface area contributed by atoms with Gasteiger partial charge in [0, 0.05) is 12.8 Å². The molecule has 0 saturated carbocycles. The van der Waals surface area contributed by atoms with Crippen LogP contribution in [0.1, 0.15) is 31.2 Å². The van der Waals surface area contributed by atoms with Crippen LogP contribution in [0.15, 0.2) is 0 Å². The maximum atomic E-state index is 11.3. The van der Waals surface area contributed by atoms with E-state index in [9.17, 15) is 4.79 Å². The summed E-state index contributed by atoms with van der Waals surface area (Å²) in [7, 11) is 0. The Kier molecular flexibility index (Phi) is 5.20. The van der Waals surface area contributed by atoms with Crippen molar-refractivity contribution in [3.63, 3.8) is 0 Å². The number of carbonyl (C=O) groups is 1. The van der Waals surface area contributed by atoms with Gasteiger partial charge in [-0.05, 0) is 13.0 Å². The second-order valence-corrected chi connectivity index (χ2v) is 4.25. The minimum atomic E-state index is 0.00676. The molecule has 1 aromatic heterocycles. The lowest BCUT2D eigenvalue weighted by Gasteiger charge is -1.98. The Hall–Kier alpha value is -1.01. The van der Waals surface area contributed by atoms with Gasteiger partial charge < -0.3 is 11.1 Å². The summed E-state index contributed by atoms with van der Waals surface area (Å²) in [4.78, 5) is 11.3. The van der Waals surface area contributed by atoms with Crippen molar-refractivity contribution in [1.82, 2.24) is 10.2 Å². The average Bonchev–Trinajstić information content (AvgIpc) is 2.63. The summed E-state index contributed by atoms with van der Waals surface area (Å²) >= 11 is 1.39. The molecule has 15 heavy (non-hydrogen) atoms. The SMILES string of the molecule is CCCCC(=O)Nc1nnc(CCN)s1. The number of anilines is 1. The number of nitrogens with one attached hydrogen (secondary N) is 1. The molecule has 0 saturated heterocycles. The van der Waals surface area contributed by atoms with Gasteiger partial charge in [-0.1, -0.05) is 24.7 Å². The molecule has 0 radical (unpaired) electrons. The third-order valence-electron chi connectivity index (χ3n) is 1.83. The van der Waals surface area contributed by atoms with Crippen LogP contribution in [-0.2, 0) is 11.2 Å². The fourth-order valence-electron chi connectivity index (χ4n) is 1.05. The third kappa shape index (κ3) is 4.35. The second-order valence-electron chi connectivity index (χ2n) is 3.19. The molecule has 0 aromatic carbocycles. The normalized spacial score (nSPS) is 10.3. The number of carbonyl (C=O) groups excluding carboxylic acids is 1. The van der Waals surface area contributed by atoms with Crippen molar-refractivity contribution in [3.05, 3.63) is 5.01 Å². The molecule has 0 aliphatic rings. The monoisotopic (exact) mass is 228 g/mol. The van der Waals surface area contributed by atoms with Gasteiger partial charge in [0.15, 0.2) is 0 Å². The molecule has 5 nitrogen and oxygen atoms in total. The largest absolute Gasteiger partial charge is 0.330 e. The Balaban J connectivity index is 2.39. The first-order chi connectivity index (χ1) is 7.26. The molecular weight excluding hydrogens is 212 g/mol. The van der Waals surface area contributed by atoms with Gasteiger partial charge in [-0.3, -0.25) is 4.79 Å². The zero-order valence-corrected chi connectivity index (χ0v) is 9.64. The fraction of sp³-hybridized carbons (Fsp3) is 0.667. The molecule has 3 N–H and O–H groups in total. The number of unbranched alkanes of at least 4 members (excludes halogenated alkanes) is 1. The van der Waals surface area contributed by atoms with E-state index >= 15 is 0 Å². The van der Waals surface area contributed by atoms with E-state index in [0.717, 1.165) is 17.8 Å². The number of hydrogen-bond acceptors (Lipinski definition) is 5. The molecule has 1 aromatic rings. The van der Waals surface area contributed by atoms with Crippen LogP contribution < -0.4 is 11.1 Å². The molecule has 84 valence electrons. The third-order valence-corrected chi connectivity index (χ3v) is 2.73. The van der Waals surface area contributed by atoms with Crippen molar-refractivity contribution in [2.45, 2.75) is 32.6 Å². The van der Waals surface area contributed by atoms with Crippen molar-refractivity contribution >= 4 is 22.4 Å². The first-order valence-corrected chi connectivity index (χ1v) is 5.90. The summed E-state index contributed by atoms with van der Waals surface area (Å²) in [5, 5.41) is 11.9. The molecule has 0 aliphatic carbocycles. The van der Waals surface area contributed by atoms with Crippen molar-refractivity contribution in [3.8, 4) is 0 Å². The highest BCUT2D eigenvalue weighted by molar-refractivity contribution is 7.15. The van der Waals surface area contributed by atoms with E-state index in [1.165, 1.54) is 11.3 Å². The summed E-state index contributed by atoms with van der Waals surface area (Å²) < 4.78 is 0. The summed E-state index contributed by atoms with van der Waals surface area (Å²) in [5.41, 5.74) is 5.39. The predicted molar refractivity (Wildman–Crippen MR) is 60.8 cm³/mol. The van der Waals surface area contributed by atoms with Gasteiger partial charge in [-0.2, -0.15) is 0 Å². The first-order valence-electron chi connectivity index (χ1n) is 5.08. The van der Waals surface area contributed by atoms with E-state index in [1.54, 1.807) is 0 Å². The maximum absolute atomic E-state index is 11.3. The smallest absolute Gasteiger partial charge is 0.226 e. The van der Waals surface area contributed by atoms with Gasteiger partial charge >= 0.3 is 0 Å². The van der Waals surface area contributed by atoms with E-state index < -0.39 is 0 Å². The molecule has 0 unspecified atom stereocenters. The van der Waals surface area contributed by atoms with E-state index in [2.05, 4.69) is 22.4 Å². The van der Waals surface area contributed by atoms with Crippen molar-refractivity contribution in [2.75, 3.05) is 11.9 Å². The van der Waals surface area contributed by atoms with Gasteiger partial charge in [-0.15, -0.1) is 10.2 Å². The van der Waals surface area contributed by atoms with Gasteiger partial charge in [0.1, 0.15) is 5.01 Å². The summed E-state index contributed by atoms with van der Waals surface area (Å²) in [6, 6.07) is 0. The Morgan fingerprint density at radius 1 is 1.53 bits per heavy atom.